The molecule has 1 aliphatic rings. The van der Waals surface area contributed by atoms with Gasteiger partial charge in [-0.2, -0.15) is 0 Å². The van der Waals surface area contributed by atoms with Gasteiger partial charge in [-0.1, -0.05) is 24.3 Å². The van der Waals surface area contributed by atoms with Crippen molar-refractivity contribution in [2.24, 2.45) is 5.73 Å². The van der Waals surface area contributed by atoms with Crippen LogP contribution in [0.1, 0.15) is 31.0 Å². The van der Waals surface area contributed by atoms with Crippen molar-refractivity contribution in [2.45, 2.75) is 38.9 Å². The molecule has 0 aliphatic carbocycles. The molecule has 106 valence electrons. The fraction of sp³-hybridized carbons (Fsp3) is 0.625. The maximum atomic E-state index is 6.07. The van der Waals surface area contributed by atoms with E-state index in [0.29, 0.717) is 24.7 Å². The Labute approximate surface area is 117 Å². The predicted octanol–water partition coefficient (Wildman–Crippen LogP) is 2.02. The molecule has 2 N–H and O–H groups in total. The summed E-state index contributed by atoms with van der Waals surface area (Å²) in [6, 6.07) is 10.1. The van der Waals surface area contributed by atoms with Gasteiger partial charge in [-0.3, -0.25) is 9.80 Å². The van der Waals surface area contributed by atoms with Gasteiger partial charge in [0.1, 0.15) is 0 Å². The van der Waals surface area contributed by atoms with E-state index in [1.54, 1.807) is 0 Å². The van der Waals surface area contributed by atoms with E-state index in [4.69, 9.17) is 5.73 Å². The van der Waals surface area contributed by atoms with Crippen molar-refractivity contribution in [2.75, 3.05) is 26.7 Å². The van der Waals surface area contributed by atoms with Gasteiger partial charge < -0.3 is 5.73 Å². The predicted molar refractivity (Wildman–Crippen MR) is 81.2 cm³/mol. The number of hydrogen-bond acceptors (Lipinski definition) is 3. The fourth-order valence-electron chi connectivity index (χ4n) is 3.13. The summed E-state index contributed by atoms with van der Waals surface area (Å²) in [7, 11) is 2.22. The molecule has 1 aliphatic heterocycles. The summed E-state index contributed by atoms with van der Waals surface area (Å²) in [5, 5.41) is 0. The van der Waals surface area contributed by atoms with Crippen LogP contribution in [0, 0.1) is 6.92 Å². The third-order valence-electron chi connectivity index (χ3n) is 4.60. The molecule has 3 unspecified atom stereocenters. The van der Waals surface area contributed by atoms with Crippen molar-refractivity contribution in [3.05, 3.63) is 35.4 Å². The molecule has 0 saturated carbocycles. The SMILES string of the molecule is Cc1ccccc1C(CN)N1CC(C)N(C)C(C)C1. The van der Waals surface area contributed by atoms with Gasteiger partial charge >= 0.3 is 0 Å². The van der Waals surface area contributed by atoms with Crippen molar-refractivity contribution in [1.82, 2.24) is 9.80 Å². The zero-order valence-corrected chi connectivity index (χ0v) is 12.6. The van der Waals surface area contributed by atoms with E-state index in [1.165, 1.54) is 11.1 Å². The highest BCUT2D eigenvalue weighted by atomic mass is 15.3. The third-order valence-corrected chi connectivity index (χ3v) is 4.60. The number of nitrogens with two attached hydrogens (primary N) is 1. The maximum Gasteiger partial charge on any atom is 0.0474 e. The Bertz CT molecular complexity index is 406. The summed E-state index contributed by atoms with van der Waals surface area (Å²) in [6.07, 6.45) is 0. The second-order valence-electron chi connectivity index (χ2n) is 5.93. The molecule has 3 atom stereocenters. The highest BCUT2D eigenvalue weighted by molar-refractivity contribution is 5.29. The Balaban J connectivity index is 2.21. The Hall–Kier alpha value is -0.900. The van der Waals surface area contributed by atoms with Crippen LogP contribution < -0.4 is 5.73 Å². The molecule has 19 heavy (non-hydrogen) atoms. The molecule has 0 bridgehead atoms. The lowest BCUT2D eigenvalue weighted by Crippen LogP contribution is -2.56. The van der Waals surface area contributed by atoms with Gasteiger partial charge in [-0.15, -0.1) is 0 Å². The summed E-state index contributed by atoms with van der Waals surface area (Å²) in [4.78, 5) is 5.01. The Morgan fingerprint density at radius 2 is 1.79 bits per heavy atom. The van der Waals surface area contributed by atoms with Crippen LogP contribution in [0.3, 0.4) is 0 Å². The van der Waals surface area contributed by atoms with E-state index in [2.05, 4.69) is 61.9 Å². The second-order valence-corrected chi connectivity index (χ2v) is 5.93. The zero-order chi connectivity index (χ0) is 14.0. The van der Waals surface area contributed by atoms with Gasteiger partial charge in [-0.05, 0) is 38.9 Å². The molecule has 1 fully saturated rings. The Kier molecular flexibility index (Phi) is 4.61. The molecule has 1 aromatic carbocycles. The van der Waals surface area contributed by atoms with Crippen molar-refractivity contribution >= 4 is 0 Å². The first-order valence-corrected chi connectivity index (χ1v) is 7.26. The summed E-state index contributed by atoms with van der Waals surface area (Å²) >= 11 is 0. The number of aryl methyl sites for hydroxylation is 1. The van der Waals surface area contributed by atoms with Gasteiger partial charge in [0.05, 0.1) is 0 Å². The van der Waals surface area contributed by atoms with Gasteiger partial charge in [0.25, 0.3) is 0 Å². The minimum atomic E-state index is 0.347. The minimum Gasteiger partial charge on any atom is -0.329 e. The number of likely N-dealkylation sites (N-methyl/N-ethyl adjacent to an activating group) is 1. The van der Waals surface area contributed by atoms with Crippen LogP contribution in [-0.4, -0.2) is 48.6 Å². The molecule has 3 heteroatoms. The smallest absolute Gasteiger partial charge is 0.0474 e. The van der Waals surface area contributed by atoms with Gasteiger partial charge in [-0.25, -0.2) is 0 Å². The zero-order valence-electron chi connectivity index (χ0n) is 12.6. The van der Waals surface area contributed by atoms with Crippen LogP contribution in [-0.2, 0) is 0 Å². The molecule has 1 heterocycles. The van der Waals surface area contributed by atoms with Crippen LogP contribution >= 0.6 is 0 Å². The minimum absolute atomic E-state index is 0.347. The van der Waals surface area contributed by atoms with Gasteiger partial charge in [0.15, 0.2) is 0 Å². The Morgan fingerprint density at radius 3 is 2.32 bits per heavy atom. The van der Waals surface area contributed by atoms with Gasteiger partial charge in [0.2, 0.25) is 0 Å². The summed E-state index contributed by atoms with van der Waals surface area (Å²) in [6.45, 7) is 9.66. The molecular weight excluding hydrogens is 234 g/mol. The average Bonchev–Trinajstić information content (AvgIpc) is 2.39. The number of nitrogens with zero attached hydrogens (tertiary/aromatic N) is 2. The number of benzene rings is 1. The fourth-order valence-corrected chi connectivity index (χ4v) is 3.13. The first-order chi connectivity index (χ1) is 9.04. The topological polar surface area (TPSA) is 32.5 Å². The van der Waals surface area contributed by atoms with E-state index in [1.807, 2.05) is 0 Å². The summed E-state index contributed by atoms with van der Waals surface area (Å²) in [5.74, 6) is 0. The van der Waals surface area contributed by atoms with Gasteiger partial charge in [0, 0.05) is 37.8 Å². The number of hydrogen-bond donors (Lipinski definition) is 1. The summed E-state index contributed by atoms with van der Waals surface area (Å²) < 4.78 is 0. The van der Waals surface area contributed by atoms with Crippen LogP contribution in [0.25, 0.3) is 0 Å². The first-order valence-electron chi connectivity index (χ1n) is 7.26. The molecule has 1 aromatic rings. The standard InChI is InChI=1S/C16H27N3/c1-12-7-5-6-8-15(12)16(9-17)19-10-13(2)18(4)14(3)11-19/h5-8,13-14,16H,9-11,17H2,1-4H3. The van der Waals surface area contributed by atoms with Crippen LogP contribution in [0.4, 0.5) is 0 Å². The van der Waals surface area contributed by atoms with Crippen molar-refractivity contribution in [3.63, 3.8) is 0 Å². The maximum absolute atomic E-state index is 6.07. The quantitative estimate of drug-likeness (QED) is 0.903. The molecular formula is C16H27N3. The monoisotopic (exact) mass is 261 g/mol. The molecule has 0 aromatic heterocycles. The third kappa shape index (κ3) is 2.99. The van der Waals surface area contributed by atoms with E-state index < -0.39 is 0 Å². The lowest BCUT2D eigenvalue weighted by atomic mass is 9.97. The van der Waals surface area contributed by atoms with Crippen LogP contribution in [0.5, 0.6) is 0 Å². The Morgan fingerprint density at radius 1 is 1.21 bits per heavy atom. The van der Waals surface area contributed by atoms with Crippen molar-refractivity contribution in [1.29, 1.82) is 0 Å². The normalized spacial score (nSPS) is 27.4. The van der Waals surface area contributed by atoms with E-state index in [0.717, 1.165) is 13.1 Å². The number of piperazine rings is 1. The lowest BCUT2D eigenvalue weighted by molar-refractivity contribution is 0.0350. The number of rotatable bonds is 3. The largest absolute Gasteiger partial charge is 0.329 e. The summed E-state index contributed by atoms with van der Waals surface area (Å²) in [5.41, 5.74) is 8.80. The highest BCUT2D eigenvalue weighted by Gasteiger charge is 2.31. The molecule has 0 radical (unpaired) electrons. The van der Waals surface area contributed by atoms with Crippen LogP contribution in [0.2, 0.25) is 0 Å². The van der Waals surface area contributed by atoms with Crippen LogP contribution in [0.15, 0.2) is 24.3 Å². The van der Waals surface area contributed by atoms with E-state index in [9.17, 15) is 0 Å². The highest BCUT2D eigenvalue weighted by Crippen LogP contribution is 2.26. The first kappa shape index (κ1) is 14.5. The average molecular weight is 261 g/mol. The lowest BCUT2D eigenvalue weighted by Gasteiger charge is -2.45. The molecule has 2 rings (SSSR count). The van der Waals surface area contributed by atoms with Crippen molar-refractivity contribution < 1.29 is 0 Å². The van der Waals surface area contributed by atoms with Crippen molar-refractivity contribution in [3.8, 4) is 0 Å². The molecule has 0 spiro atoms. The molecule has 1 saturated heterocycles. The molecule has 0 amide bonds. The van der Waals surface area contributed by atoms with E-state index in [-0.39, 0.29) is 0 Å². The second kappa shape index (κ2) is 6.04. The molecule has 3 nitrogen and oxygen atoms in total. The van der Waals surface area contributed by atoms with E-state index >= 15 is 0 Å².